The van der Waals surface area contributed by atoms with Crippen LogP contribution in [0.4, 0.5) is 0 Å². The summed E-state index contributed by atoms with van der Waals surface area (Å²) in [5.41, 5.74) is 3.51. The molecule has 0 aliphatic carbocycles. The Labute approximate surface area is 454 Å². The van der Waals surface area contributed by atoms with Crippen molar-refractivity contribution in [1.29, 1.82) is 0 Å². The molecule has 16 N–H and O–H groups in total. The van der Waals surface area contributed by atoms with Crippen LogP contribution >= 0.6 is 0 Å². The molecule has 6 aromatic carbocycles. The third-order valence-electron chi connectivity index (χ3n) is 11.8. The van der Waals surface area contributed by atoms with E-state index in [1.165, 1.54) is 42.8 Å². The Morgan fingerprint density at radius 3 is 1.00 bits per heavy atom. The molecule has 77 heavy (non-hydrogen) atoms. The third-order valence-corrected chi connectivity index (χ3v) is 11.8. The van der Waals surface area contributed by atoms with Gasteiger partial charge >= 0.3 is 0 Å². The second-order valence-electron chi connectivity index (χ2n) is 24.6. The summed E-state index contributed by atoms with van der Waals surface area (Å²) in [6, 6.07) is 22.6. The van der Waals surface area contributed by atoms with E-state index in [1.807, 2.05) is 68.4 Å². The molecule has 0 saturated carbocycles. The number of benzene rings is 6. The van der Waals surface area contributed by atoms with Crippen LogP contribution in [0.3, 0.4) is 0 Å². The quantitative estimate of drug-likeness (QED) is 0.0496. The molecule has 0 aliphatic rings. The first-order chi connectivity index (χ1) is 34.6. The second-order valence-corrected chi connectivity index (χ2v) is 24.6. The topological polar surface area (TPSA) is 324 Å². The molecule has 0 saturated heterocycles. The van der Waals surface area contributed by atoms with Crippen molar-refractivity contribution in [2.75, 3.05) is 0 Å². The summed E-state index contributed by atoms with van der Waals surface area (Å²) in [7, 11) is 0. The smallest absolute Gasteiger partial charge is 0.204 e. The van der Waals surface area contributed by atoms with Gasteiger partial charge in [-0.1, -0.05) is 167 Å². The Bertz CT molecular complexity index is 2870. The number of hydrogen-bond acceptors (Lipinski definition) is 16. The summed E-state index contributed by atoms with van der Waals surface area (Å²) in [6.45, 7) is 36.7. The van der Waals surface area contributed by atoms with Gasteiger partial charge in [-0.2, -0.15) is 0 Å². The maximum Gasteiger partial charge on any atom is 0.204 e. The molecule has 0 unspecified atom stereocenters. The monoisotopic (exact) mass is 1070 g/mol. The zero-order valence-electron chi connectivity index (χ0n) is 48.2. The molecule has 16 heteroatoms. The van der Waals surface area contributed by atoms with Gasteiger partial charge in [0.15, 0.2) is 63.2 Å². The number of rotatable bonds is 0. The van der Waals surface area contributed by atoms with E-state index in [-0.39, 0.29) is 67.6 Å². The van der Waals surface area contributed by atoms with Crippen molar-refractivity contribution in [3.8, 4) is 92.0 Å². The van der Waals surface area contributed by atoms with E-state index in [4.69, 9.17) is 20.4 Å². The average Bonchev–Trinajstić information content (AvgIpc) is 3.29. The largest absolute Gasteiger partial charge is 0.507 e. The molecule has 0 spiro atoms. The van der Waals surface area contributed by atoms with E-state index >= 15 is 0 Å². The van der Waals surface area contributed by atoms with Gasteiger partial charge in [0.1, 0.15) is 5.75 Å². The normalized spacial score (nSPS) is 11.6. The van der Waals surface area contributed by atoms with Gasteiger partial charge in [0, 0.05) is 22.3 Å². The molecular weight excluding hydrogens is 989 g/mol. The van der Waals surface area contributed by atoms with E-state index in [0.29, 0.717) is 16.5 Å². The highest BCUT2D eigenvalue weighted by molar-refractivity contribution is 5.66. The van der Waals surface area contributed by atoms with Gasteiger partial charge in [0.2, 0.25) is 23.0 Å². The van der Waals surface area contributed by atoms with Crippen molar-refractivity contribution in [2.45, 2.75) is 164 Å². The summed E-state index contributed by atoms with van der Waals surface area (Å²) in [4.78, 5) is 0. The van der Waals surface area contributed by atoms with E-state index in [0.717, 1.165) is 11.1 Å². The molecule has 16 nitrogen and oxygen atoms in total. The summed E-state index contributed by atoms with van der Waals surface area (Å²) in [5, 5.41) is 149. The SMILES string of the molecule is CC(C)(C)c1cc(O)c(O)c(O)c1.CC(C)(C)c1cc(O)c(O)c(O)c1O.CC(C)(C)c1ccc(O)c(O)c1.CC(C)(C)c1ccc(O)c(O)c1O.CC(C)(C)c1ccccc1.Cc1c(O)c(O)c(O)c(C(C)(C)C)c1O. The summed E-state index contributed by atoms with van der Waals surface area (Å²) in [5.74, 6) is -6.10. The minimum atomic E-state index is -0.699. The standard InChI is InChI=1S/C11H16O4.C10H14O4.2C10H14O3.C10H14O2.C10H14/c1-5-7(12)6(11(2,3)4)9(14)10(15)8(5)13;1-10(2,3)5-4-6(11)8(13)9(14)7(5)12;1-10(2,3)6-4-7(11)9(13)8(12)5-6;1-10(2,3)6-4-5-7(11)9(13)8(6)12;1-10(2,3)7-4-5-8(11)9(12)6-7;1-10(2,3)9-7-5-4-6-8-9/h12-15H,1-4H3;4,11-14H,1-3H3;2*4-5,11-13H,1-3H3;4-6,11-12H,1-3H3;4-8H,1-3H3. The van der Waals surface area contributed by atoms with E-state index < -0.39 is 62.6 Å². The van der Waals surface area contributed by atoms with Crippen molar-refractivity contribution in [3.05, 3.63) is 118 Å². The van der Waals surface area contributed by atoms with Gasteiger partial charge in [0.05, 0.1) is 0 Å². The Balaban J connectivity index is 0.000000464. The molecule has 0 heterocycles. The Morgan fingerprint density at radius 2 is 0.610 bits per heavy atom. The fourth-order valence-corrected chi connectivity index (χ4v) is 6.88. The molecule has 0 aromatic heterocycles. The van der Waals surface area contributed by atoms with Crippen molar-refractivity contribution in [3.63, 3.8) is 0 Å². The molecule has 0 aliphatic heterocycles. The first-order valence-electron chi connectivity index (χ1n) is 24.6. The van der Waals surface area contributed by atoms with Crippen molar-refractivity contribution >= 4 is 0 Å². The zero-order valence-corrected chi connectivity index (χ0v) is 48.2. The van der Waals surface area contributed by atoms with Crippen LogP contribution in [0.15, 0.2) is 78.9 Å². The van der Waals surface area contributed by atoms with Crippen molar-refractivity contribution in [1.82, 2.24) is 0 Å². The maximum atomic E-state index is 9.79. The highest BCUT2D eigenvalue weighted by Gasteiger charge is 2.29. The minimum absolute atomic E-state index is 0.00514. The van der Waals surface area contributed by atoms with Crippen molar-refractivity contribution in [2.24, 2.45) is 0 Å². The average molecular weight is 1080 g/mol. The summed E-state index contributed by atoms with van der Waals surface area (Å²) < 4.78 is 0. The van der Waals surface area contributed by atoms with E-state index in [2.05, 4.69) is 71.9 Å². The fraction of sp³-hybridized carbons (Fsp3) is 0.410. The van der Waals surface area contributed by atoms with Crippen LogP contribution < -0.4 is 0 Å². The molecule has 6 rings (SSSR count). The Morgan fingerprint density at radius 1 is 0.234 bits per heavy atom. The summed E-state index contributed by atoms with van der Waals surface area (Å²) in [6.07, 6.45) is 0. The third kappa shape index (κ3) is 18.7. The van der Waals surface area contributed by atoms with Crippen LogP contribution in [0.1, 0.15) is 164 Å². The van der Waals surface area contributed by atoms with Gasteiger partial charge in [-0.3, -0.25) is 0 Å². The van der Waals surface area contributed by atoms with Gasteiger partial charge < -0.3 is 81.7 Å². The lowest BCUT2D eigenvalue weighted by Crippen LogP contribution is -2.12. The van der Waals surface area contributed by atoms with E-state index in [9.17, 15) is 61.3 Å². The van der Waals surface area contributed by atoms with Crippen LogP contribution in [0, 0.1) is 6.92 Å². The highest BCUT2D eigenvalue weighted by Crippen LogP contribution is 2.51. The predicted molar refractivity (Wildman–Crippen MR) is 302 cm³/mol. The number of phenols is 16. The van der Waals surface area contributed by atoms with Crippen LogP contribution in [-0.4, -0.2) is 81.7 Å². The number of phenolic OH excluding ortho intramolecular Hbond substituents is 16. The molecule has 0 atom stereocenters. The van der Waals surface area contributed by atoms with Gasteiger partial charge in [0.25, 0.3) is 0 Å². The lowest BCUT2D eigenvalue weighted by Gasteiger charge is -2.23. The molecule has 6 aromatic rings. The van der Waals surface area contributed by atoms with Gasteiger partial charge in [-0.05, 0) is 92.5 Å². The Kier molecular flexibility index (Phi) is 22.1. The zero-order chi connectivity index (χ0) is 60.5. The lowest BCUT2D eigenvalue weighted by atomic mass is 9.84. The molecule has 0 fully saturated rings. The predicted octanol–water partition coefficient (Wildman–Crippen LogP) is 13.5. The molecular formula is C61H86O16. The van der Waals surface area contributed by atoms with Gasteiger partial charge in [-0.25, -0.2) is 0 Å². The maximum absolute atomic E-state index is 9.79. The molecule has 426 valence electrons. The first-order valence-corrected chi connectivity index (χ1v) is 24.6. The van der Waals surface area contributed by atoms with Crippen molar-refractivity contribution < 1.29 is 81.7 Å². The fourth-order valence-electron chi connectivity index (χ4n) is 6.88. The Hall–Kier alpha value is -7.88. The van der Waals surface area contributed by atoms with Crippen LogP contribution in [0.25, 0.3) is 0 Å². The van der Waals surface area contributed by atoms with Gasteiger partial charge in [-0.15, -0.1) is 0 Å². The molecule has 0 amide bonds. The lowest BCUT2D eigenvalue weighted by molar-refractivity contribution is 0.338. The number of hydrogen-bond donors (Lipinski definition) is 16. The second kappa shape index (κ2) is 25.3. The van der Waals surface area contributed by atoms with E-state index in [1.54, 1.807) is 32.9 Å². The summed E-state index contributed by atoms with van der Waals surface area (Å²) >= 11 is 0. The minimum Gasteiger partial charge on any atom is -0.507 e. The first kappa shape index (κ1) is 67.1. The van der Waals surface area contributed by atoms with Crippen LogP contribution in [0.5, 0.6) is 92.0 Å². The highest BCUT2D eigenvalue weighted by atomic mass is 16.4. The molecule has 0 radical (unpaired) electrons. The van der Waals surface area contributed by atoms with Crippen LogP contribution in [0.2, 0.25) is 0 Å². The number of aromatic hydroxyl groups is 16. The molecule has 0 bridgehead atoms. The van der Waals surface area contributed by atoms with Crippen LogP contribution in [-0.2, 0) is 32.5 Å².